The fourth-order valence-corrected chi connectivity index (χ4v) is 5.31. The predicted octanol–water partition coefficient (Wildman–Crippen LogP) is 3.82. The van der Waals surface area contributed by atoms with Crippen molar-refractivity contribution in [3.63, 3.8) is 0 Å². The second kappa shape index (κ2) is 8.14. The van der Waals surface area contributed by atoms with Gasteiger partial charge in [-0.25, -0.2) is 8.42 Å². The molecule has 1 aliphatic heterocycles. The lowest BCUT2D eigenvalue weighted by atomic mass is 10.2. The van der Waals surface area contributed by atoms with Crippen molar-refractivity contribution in [2.75, 3.05) is 16.4 Å². The first kappa shape index (κ1) is 20.7. The summed E-state index contributed by atoms with van der Waals surface area (Å²) in [6.45, 7) is 3.34. The van der Waals surface area contributed by atoms with Gasteiger partial charge in [-0.1, -0.05) is 18.5 Å². The van der Waals surface area contributed by atoms with E-state index in [4.69, 9.17) is 11.6 Å². The molecule has 2 unspecified atom stereocenters. The minimum absolute atomic E-state index is 0.0767. The zero-order chi connectivity index (χ0) is 20.5. The lowest BCUT2D eigenvalue weighted by Gasteiger charge is -2.22. The number of anilines is 2. The Bertz CT molecular complexity index is 1020. The monoisotopic (exact) mass is 438 g/mol. The molecule has 0 bridgehead atoms. The number of benzene rings is 2. The molecule has 0 aromatic heterocycles. The second-order valence-corrected chi connectivity index (χ2v) is 10.4. The fraction of sp³-hybridized carbons (Fsp3) is 0.263. The Kier molecular flexibility index (Phi) is 6.02. The van der Waals surface area contributed by atoms with Gasteiger partial charge in [0, 0.05) is 21.5 Å². The summed E-state index contributed by atoms with van der Waals surface area (Å²) in [5.74, 6) is -1.67. The molecular weight excluding hydrogens is 420 g/mol. The topological polar surface area (TPSA) is 92.3 Å². The Morgan fingerprint density at radius 3 is 2.61 bits per heavy atom. The molecule has 9 heteroatoms. The van der Waals surface area contributed by atoms with Gasteiger partial charge in [-0.3, -0.25) is 9.59 Å². The molecule has 2 atom stereocenters. The highest BCUT2D eigenvalue weighted by Gasteiger charge is 2.27. The smallest absolute Gasteiger partial charge is 0.237 e. The minimum atomic E-state index is -3.71. The van der Waals surface area contributed by atoms with Crippen LogP contribution in [0.3, 0.4) is 0 Å². The van der Waals surface area contributed by atoms with E-state index in [9.17, 15) is 18.0 Å². The maximum Gasteiger partial charge on any atom is 0.237 e. The Hall–Kier alpha value is -2.03. The van der Waals surface area contributed by atoms with Crippen molar-refractivity contribution in [3.8, 4) is 0 Å². The molecule has 1 aliphatic rings. The average Bonchev–Trinajstić information content (AvgIpc) is 2.63. The van der Waals surface area contributed by atoms with E-state index in [1.165, 1.54) is 23.9 Å². The Balaban J connectivity index is 1.72. The molecule has 0 fully saturated rings. The Morgan fingerprint density at radius 1 is 1.25 bits per heavy atom. The van der Waals surface area contributed by atoms with Gasteiger partial charge in [0.1, 0.15) is 0 Å². The molecule has 28 heavy (non-hydrogen) atoms. The summed E-state index contributed by atoms with van der Waals surface area (Å²) in [4.78, 5) is 25.1. The predicted molar refractivity (Wildman–Crippen MR) is 112 cm³/mol. The summed E-state index contributed by atoms with van der Waals surface area (Å²) in [5, 5.41) is 5.71. The van der Waals surface area contributed by atoms with Crippen LogP contribution < -0.4 is 10.6 Å². The highest BCUT2D eigenvalue weighted by atomic mass is 35.5. The van der Waals surface area contributed by atoms with Crippen molar-refractivity contribution in [3.05, 3.63) is 47.5 Å². The third-order valence-corrected chi connectivity index (χ3v) is 7.61. The number of carbonyl (C=O) groups excluding carboxylic acids is 2. The number of thioether (sulfide) groups is 1. The van der Waals surface area contributed by atoms with E-state index in [0.29, 0.717) is 16.4 Å². The summed E-state index contributed by atoms with van der Waals surface area (Å²) in [6.07, 6.45) is 0. The maximum atomic E-state index is 12.8. The van der Waals surface area contributed by atoms with Crippen molar-refractivity contribution in [2.24, 2.45) is 5.92 Å². The second-order valence-electron chi connectivity index (χ2n) is 6.59. The highest BCUT2D eigenvalue weighted by molar-refractivity contribution is 8.01. The van der Waals surface area contributed by atoms with Gasteiger partial charge >= 0.3 is 0 Å². The first-order valence-corrected chi connectivity index (χ1v) is 11.5. The molecular formula is C19H19ClN2O4S2. The van der Waals surface area contributed by atoms with Gasteiger partial charge in [0.2, 0.25) is 11.8 Å². The van der Waals surface area contributed by atoms with Crippen molar-refractivity contribution in [2.45, 2.75) is 28.9 Å². The molecule has 1 heterocycles. The van der Waals surface area contributed by atoms with Crippen LogP contribution >= 0.6 is 23.4 Å². The summed E-state index contributed by atoms with van der Waals surface area (Å²) in [7, 11) is -3.71. The zero-order valence-electron chi connectivity index (χ0n) is 15.2. The van der Waals surface area contributed by atoms with Crippen LogP contribution in [-0.4, -0.2) is 31.2 Å². The van der Waals surface area contributed by atoms with E-state index in [1.807, 2.05) is 0 Å². The molecule has 6 nitrogen and oxygen atoms in total. The number of rotatable bonds is 5. The average molecular weight is 439 g/mol. The molecule has 2 amide bonds. The Labute approximate surface area is 173 Å². The quantitative estimate of drug-likeness (QED) is 0.740. The van der Waals surface area contributed by atoms with Gasteiger partial charge < -0.3 is 10.6 Å². The van der Waals surface area contributed by atoms with Gasteiger partial charge in [-0.2, -0.15) is 0 Å². The maximum absolute atomic E-state index is 12.8. The molecule has 0 aliphatic carbocycles. The molecule has 2 aromatic carbocycles. The number of sulfone groups is 1. The number of amides is 2. The SMILES string of the molecule is CC(CS(=O)(=O)c1ccc2c(c1)NC(=O)C(C)S2)C(=O)Nc1ccc(Cl)cc1. The van der Waals surface area contributed by atoms with Crippen molar-refractivity contribution in [1.82, 2.24) is 0 Å². The summed E-state index contributed by atoms with van der Waals surface area (Å²) >= 11 is 7.19. The molecule has 3 rings (SSSR count). The van der Waals surface area contributed by atoms with E-state index in [1.54, 1.807) is 44.2 Å². The molecule has 148 valence electrons. The molecule has 0 spiro atoms. The highest BCUT2D eigenvalue weighted by Crippen LogP contribution is 2.37. The Morgan fingerprint density at radius 2 is 1.93 bits per heavy atom. The number of halogens is 1. The van der Waals surface area contributed by atoms with Gasteiger partial charge in [-0.05, 0) is 49.4 Å². The van der Waals surface area contributed by atoms with Crippen LogP contribution in [0.25, 0.3) is 0 Å². The van der Waals surface area contributed by atoms with Gasteiger partial charge in [-0.15, -0.1) is 11.8 Å². The molecule has 2 N–H and O–H groups in total. The first-order chi connectivity index (χ1) is 13.2. The van der Waals surface area contributed by atoms with E-state index in [-0.39, 0.29) is 21.8 Å². The number of nitrogens with one attached hydrogen (secondary N) is 2. The normalized spacial score (nSPS) is 17.4. The van der Waals surface area contributed by atoms with Gasteiger partial charge in [0.25, 0.3) is 0 Å². The summed E-state index contributed by atoms with van der Waals surface area (Å²) in [5.41, 5.74) is 1.02. The van der Waals surface area contributed by atoms with E-state index in [0.717, 1.165) is 4.90 Å². The third-order valence-electron chi connectivity index (χ3n) is 4.27. The lowest BCUT2D eigenvalue weighted by molar-refractivity contribution is -0.119. The zero-order valence-corrected chi connectivity index (χ0v) is 17.6. The third kappa shape index (κ3) is 4.68. The number of carbonyl (C=O) groups is 2. The van der Waals surface area contributed by atoms with Crippen molar-refractivity contribution >= 4 is 56.4 Å². The van der Waals surface area contributed by atoms with E-state index in [2.05, 4.69) is 10.6 Å². The van der Waals surface area contributed by atoms with Crippen LogP contribution in [0.5, 0.6) is 0 Å². The molecule has 0 radical (unpaired) electrons. The van der Waals surface area contributed by atoms with Crippen molar-refractivity contribution < 1.29 is 18.0 Å². The number of hydrogen-bond donors (Lipinski definition) is 2. The van der Waals surface area contributed by atoms with Crippen molar-refractivity contribution in [1.29, 1.82) is 0 Å². The lowest BCUT2D eigenvalue weighted by Crippen LogP contribution is -2.28. The first-order valence-electron chi connectivity index (χ1n) is 8.56. The van der Waals surface area contributed by atoms with Crippen LogP contribution in [0.15, 0.2) is 52.3 Å². The van der Waals surface area contributed by atoms with E-state index < -0.39 is 21.7 Å². The summed E-state index contributed by atoms with van der Waals surface area (Å²) < 4.78 is 25.5. The van der Waals surface area contributed by atoms with E-state index >= 15 is 0 Å². The minimum Gasteiger partial charge on any atom is -0.326 e. The van der Waals surface area contributed by atoms with Crippen LogP contribution in [-0.2, 0) is 19.4 Å². The molecule has 2 aromatic rings. The standard InChI is InChI=1S/C19H19ClN2O4S2/c1-11(18(23)21-14-5-3-13(20)4-6-14)10-28(25,26)15-7-8-17-16(9-15)22-19(24)12(2)27-17/h3-9,11-12H,10H2,1-2H3,(H,21,23)(H,22,24). The number of fused-ring (bicyclic) bond motifs is 1. The molecule has 0 saturated carbocycles. The van der Waals surface area contributed by atoms with Crippen LogP contribution in [0.4, 0.5) is 11.4 Å². The van der Waals surface area contributed by atoms with Crippen LogP contribution in [0.2, 0.25) is 5.02 Å². The largest absolute Gasteiger partial charge is 0.326 e. The van der Waals surface area contributed by atoms with Gasteiger partial charge in [0.05, 0.1) is 21.6 Å². The fourth-order valence-electron chi connectivity index (χ4n) is 2.68. The molecule has 0 saturated heterocycles. The summed E-state index contributed by atoms with van der Waals surface area (Å²) in [6, 6.07) is 11.2. The van der Waals surface area contributed by atoms with Crippen LogP contribution in [0.1, 0.15) is 13.8 Å². The van der Waals surface area contributed by atoms with Crippen LogP contribution in [0, 0.1) is 5.92 Å². The number of hydrogen-bond acceptors (Lipinski definition) is 5. The van der Waals surface area contributed by atoms with Gasteiger partial charge in [0.15, 0.2) is 9.84 Å².